The van der Waals surface area contributed by atoms with Gasteiger partial charge in [0.15, 0.2) is 11.5 Å². The van der Waals surface area contributed by atoms with Crippen molar-refractivity contribution in [3.63, 3.8) is 0 Å². The first-order chi connectivity index (χ1) is 8.87. The lowest BCUT2D eigenvalue weighted by atomic mass is 10.3. The molecule has 104 valence electrons. The fraction of sp³-hybridized carbons (Fsp3) is 0.300. The van der Waals surface area contributed by atoms with Gasteiger partial charge in [-0.1, -0.05) is 11.6 Å². The van der Waals surface area contributed by atoms with Crippen molar-refractivity contribution in [2.24, 2.45) is 0 Å². The van der Waals surface area contributed by atoms with Gasteiger partial charge in [0.25, 0.3) is 0 Å². The molecule has 0 radical (unpaired) electrons. The van der Waals surface area contributed by atoms with Crippen molar-refractivity contribution in [3.8, 4) is 11.5 Å². The number of carbonyl (C=O) groups is 1. The quantitative estimate of drug-likeness (QED) is 0.849. The van der Waals surface area contributed by atoms with E-state index in [0.29, 0.717) is 11.5 Å². The molecule has 1 aliphatic heterocycles. The summed E-state index contributed by atoms with van der Waals surface area (Å²) in [6, 6.07) is 2.82. The van der Waals surface area contributed by atoms with E-state index in [2.05, 4.69) is 4.72 Å². The molecular formula is C10H10ClNO6S. The highest BCUT2D eigenvalue weighted by atomic mass is 35.5. The second-order valence-electron chi connectivity index (χ2n) is 3.75. The number of benzene rings is 1. The minimum Gasteiger partial charge on any atom is -0.481 e. The van der Waals surface area contributed by atoms with Crippen LogP contribution in [0.4, 0.5) is 5.69 Å². The van der Waals surface area contributed by atoms with E-state index in [-0.39, 0.29) is 17.5 Å². The maximum absolute atomic E-state index is 11.7. The summed E-state index contributed by atoms with van der Waals surface area (Å²) < 4.78 is 35.7. The third-order valence-corrected chi connectivity index (χ3v) is 3.90. The summed E-state index contributed by atoms with van der Waals surface area (Å²) in [4.78, 5) is 10.4. The number of hydrogen-bond acceptors (Lipinski definition) is 5. The second-order valence-corrected chi connectivity index (χ2v) is 6.00. The fourth-order valence-corrected chi connectivity index (χ4v) is 2.74. The predicted molar refractivity (Wildman–Crippen MR) is 67.2 cm³/mol. The monoisotopic (exact) mass is 307 g/mol. The molecular weight excluding hydrogens is 298 g/mol. The standard InChI is InChI=1S/C10H10ClNO6S/c11-6-3-8-9(18-5-17-8)4-7(6)12-19(15,16)2-1-10(13)14/h3-4,12H,1-2,5H2,(H,13,14). The van der Waals surface area contributed by atoms with E-state index in [1.54, 1.807) is 0 Å². The van der Waals surface area contributed by atoms with Crippen LogP contribution in [0.25, 0.3) is 0 Å². The molecule has 1 aromatic rings. The summed E-state index contributed by atoms with van der Waals surface area (Å²) in [6.07, 6.45) is -0.489. The highest BCUT2D eigenvalue weighted by molar-refractivity contribution is 7.92. The molecule has 1 aromatic carbocycles. The Kier molecular flexibility index (Phi) is 3.72. The highest BCUT2D eigenvalue weighted by Crippen LogP contribution is 2.39. The predicted octanol–water partition coefficient (Wildman–Crippen LogP) is 1.29. The van der Waals surface area contributed by atoms with Gasteiger partial charge in [0.1, 0.15) is 0 Å². The van der Waals surface area contributed by atoms with Crippen molar-refractivity contribution in [2.75, 3.05) is 17.3 Å². The summed E-state index contributed by atoms with van der Waals surface area (Å²) in [5.41, 5.74) is 0.122. The molecule has 2 N–H and O–H groups in total. The first-order valence-electron chi connectivity index (χ1n) is 5.19. The van der Waals surface area contributed by atoms with Crippen molar-refractivity contribution in [3.05, 3.63) is 17.2 Å². The average molecular weight is 308 g/mol. The van der Waals surface area contributed by atoms with Gasteiger partial charge in [-0.15, -0.1) is 0 Å². The molecule has 0 saturated heterocycles. The van der Waals surface area contributed by atoms with Gasteiger partial charge in [-0.25, -0.2) is 8.42 Å². The van der Waals surface area contributed by atoms with Gasteiger partial charge < -0.3 is 14.6 Å². The van der Waals surface area contributed by atoms with Crippen LogP contribution in [0.2, 0.25) is 5.02 Å². The van der Waals surface area contributed by atoms with E-state index in [9.17, 15) is 13.2 Å². The Labute approximate surface area is 114 Å². The van der Waals surface area contributed by atoms with E-state index in [1.165, 1.54) is 12.1 Å². The molecule has 0 saturated carbocycles. The van der Waals surface area contributed by atoms with Crippen LogP contribution in [0.5, 0.6) is 11.5 Å². The number of aliphatic carboxylic acids is 1. The normalized spacial score (nSPS) is 13.3. The molecule has 1 aliphatic rings. The average Bonchev–Trinajstić information content (AvgIpc) is 2.74. The number of carboxylic acid groups (broad SMARTS) is 1. The molecule has 0 aromatic heterocycles. The summed E-state index contributed by atoms with van der Waals surface area (Å²) >= 11 is 5.90. The maximum atomic E-state index is 11.7. The third-order valence-electron chi connectivity index (χ3n) is 2.31. The number of fused-ring (bicyclic) bond motifs is 1. The number of hydrogen-bond donors (Lipinski definition) is 2. The Morgan fingerprint density at radius 2 is 2.00 bits per heavy atom. The SMILES string of the molecule is O=C(O)CCS(=O)(=O)Nc1cc2c(cc1Cl)OCO2. The van der Waals surface area contributed by atoms with Crippen LogP contribution in [0, 0.1) is 0 Å². The molecule has 0 bridgehead atoms. The van der Waals surface area contributed by atoms with Gasteiger partial charge in [-0.2, -0.15) is 0 Å². The zero-order valence-corrected chi connectivity index (χ0v) is 11.1. The zero-order valence-electron chi connectivity index (χ0n) is 9.55. The second kappa shape index (κ2) is 5.14. The third kappa shape index (κ3) is 3.42. The number of halogens is 1. The number of nitrogens with one attached hydrogen (secondary N) is 1. The van der Waals surface area contributed by atoms with Gasteiger partial charge in [-0.3, -0.25) is 9.52 Å². The summed E-state index contributed by atoms with van der Waals surface area (Å²) in [5, 5.41) is 8.61. The lowest BCUT2D eigenvalue weighted by Crippen LogP contribution is -2.19. The van der Waals surface area contributed by atoms with Gasteiger partial charge in [-0.05, 0) is 0 Å². The van der Waals surface area contributed by atoms with Crippen LogP contribution in [-0.2, 0) is 14.8 Å². The molecule has 0 atom stereocenters. The Morgan fingerprint density at radius 3 is 2.63 bits per heavy atom. The first kappa shape index (κ1) is 13.8. The van der Waals surface area contributed by atoms with E-state index >= 15 is 0 Å². The van der Waals surface area contributed by atoms with E-state index < -0.39 is 28.2 Å². The topological polar surface area (TPSA) is 102 Å². The Bertz CT molecular complexity index is 615. The largest absolute Gasteiger partial charge is 0.481 e. The van der Waals surface area contributed by atoms with E-state index in [0.717, 1.165) is 0 Å². The molecule has 7 nitrogen and oxygen atoms in total. The van der Waals surface area contributed by atoms with E-state index in [1.807, 2.05) is 0 Å². The van der Waals surface area contributed by atoms with Crippen LogP contribution < -0.4 is 14.2 Å². The minimum absolute atomic E-state index is 0.0425. The molecule has 1 heterocycles. The number of rotatable bonds is 5. The van der Waals surface area contributed by atoms with E-state index in [4.69, 9.17) is 26.2 Å². The maximum Gasteiger partial charge on any atom is 0.304 e. The van der Waals surface area contributed by atoms with Crippen LogP contribution in [-0.4, -0.2) is 32.0 Å². The smallest absolute Gasteiger partial charge is 0.304 e. The van der Waals surface area contributed by atoms with Gasteiger partial charge >= 0.3 is 5.97 Å². The van der Waals surface area contributed by atoms with Crippen LogP contribution in [0.15, 0.2) is 12.1 Å². The van der Waals surface area contributed by atoms with Crippen molar-refractivity contribution in [1.29, 1.82) is 0 Å². The van der Waals surface area contributed by atoms with Gasteiger partial charge in [0.2, 0.25) is 16.8 Å². The molecule has 0 fully saturated rings. The number of sulfonamides is 1. The van der Waals surface area contributed by atoms with Gasteiger partial charge in [0, 0.05) is 12.1 Å². The molecule has 0 amide bonds. The van der Waals surface area contributed by atoms with Crippen molar-refractivity contribution >= 4 is 33.3 Å². The van der Waals surface area contributed by atoms with Crippen LogP contribution in [0.1, 0.15) is 6.42 Å². The molecule has 0 aliphatic carbocycles. The molecule has 0 spiro atoms. The Balaban J connectivity index is 2.17. The van der Waals surface area contributed by atoms with Crippen LogP contribution >= 0.6 is 11.6 Å². The number of ether oxygens (including phenoxy) is 2. The van der Waals surface area contributed by atoms with Crippen molar-refractivity contribution in [1.82, 2.24) is 0 Å². The number of carboxylic acids is 1. The summed E-state index contributed by atoms with van der Waals surface area (Å²) in [5.74, 6) is -0.923. The first-order valence-corrected chi connectivity index (χ1v) is 7.22. The van der Waals surface area contributed by atoms with Crippen molar-refractivity contribution in [2.45, 2.75) is 6.42 Å². The Hall–Kier alpha value is -1.67. The van der Waals surface area contributed by atoms with Crippen molar-refractivity contribution < 1.29 is 27.8 Å². The minimum atomic E-state index is -3.78. The number of anilines is 1. The highest BCUT2D eigenvalue weighted by Gasteiger charge is 2.20. The molecule has 9 heteroatoms. The lowest BCUT2D eigenvalue weighted by molar-refractivity contribution is -0.136. The zero-order chi connectivity index (χ0) is 14.0. The lowest BCUT2D eigenvalue weighted by Gasteiger charge is -2.09. The Morgan fingerprint density at radius 1 is 1.37 bits per heavy atom. The van der Waals surface area contributed by atoms with Crippen LogP contribution in [0.3, 0.4) is 0 Å². The molecule has 0 unspecified atom stereocenters. The summed E-state index contributed by atoms with van der Waals surface area (Å²) in [7, 11) is -3.78. The molecule has 2 rings (SSSR count). The fourth-order valence-electron chi connectivity index (χ4n) is 1.44. The van der Waals surface area contributed by atoms with Gasteiger partial charge in [0.05, 0.1) is 22.9 Å². The summed E-state index contributed by atoms with van der Waals surface area (Å²) in [6.45, 7) is 0.0425. The molecule has 19 heavy (non-hydrogen) atoms.